The van der Waals surface area contributed by atoms with Crippen molar-refractivity contribution in [1.82, 2.24) is 4.90 Å². The monoisotopic (exact) mass is 394 g/mol. The maximum absolute atomic E-state index is 13.8. The zero-order valence-electron chi connectivity index (χ0n) is 14.1. The minimum absolute atomic E-state index is 0.00987. The van der Waals surface area contributed by atoms with Gasteiger partial charge in [-0.3, -0.25) is 9.10 Å². The van der Waals surface area contributed by atoms with Gasteiger partial charge in [-0.25, -0.2) is 12.8 Å². The van der Waals surface area contributed by atoms with E-state index < -0.39 is 15.8 Å². The number of sulfonamides is 1. The normalized spacial score (nSPS) is 15.9. The summed E-state index contributed by atoms with van der Waals surface area (Å²) in [4.78, 5) is 14.3. The topological polar surface area (TPSA) is 57.7 Å². The molecule has 0 bridgehead atoms. The summed E-state index contributed by atoms with van der Waals surface area (Å²) in [5.41, 5.74) is 0.468. The fraction of sp³-hybridized carbons (Fsp3) is 0.167. The van der Waals surface area contributed by atoms with Gasteiger partial charge in [0.2, 0.25) is 0 Å². The Labute approximate surface area is 156 Å². The van der Waals surface area contributed by atoms with Gasteiger partial charge in [0.15, 0.2) is 5.78 Å². The number of anilines is 1. The molecule has 0 aromatic heterocycles. The number of fused-ring (bicyclic) bond motifs is 1. The third-order valence-electron chi connectivity index (χ3n) is 3.89. The first-order valence-electron chi connectivity index (χ1n) is 7.70. The molecule has 0 fully saturated rings. The molecule has 2 aromatic carbocycles. The molecule has 0 saturated heterocycles. The standard InChI is InChI=1S/C18H16ClFN2O3S/c1-21(2)10-12-11-22(17-9-14(20)5-8-16(17)18(12)23)26(24,25)15-6-3-13(19)4-7-15/h3-10H,11H2,1-2H3. The van der Waals surface area contributed by atoms with Crippen molar-refractivity contribution in [3.8, 4) is 0 Å². The highest BCUT2D eigenvalue weighted by Gasteiger charge is 2.35. The maximum Gasteiger partial charge on any atom is 0.264 e. The number of hydrogen-bond donors (Lipinski definition) is 0. The second kappa shape index (κ2) is 6.74. The van der Waals surface area contributed by atoms with Crippen LogP contribution in [0.4, 0.5) is 10.1 Å². The van der Waals surface area contributed by atoms with Crippen LogP contribution in [0.1, 0.15) is 10.4 Å². The van der Waals surface area contributed by atoms with Crippen molar-refractivity contribution in [3.63, 3.8) is 0 Å². The molecular formula is C18H16ClFN2O3S. The SMILES string of the molecule is CN(C)C=C1CN(S(=O)(=O)c2ccc(Cl)cc2)c2cc(F)ccc2C1=O. The number of benzene rings is 2. The van der Waals surface area contributed by atoms with Gasteiger partial charge in [-0.05, 0) is 42.5 Å². The Morgan fingerprint density at radius 2 is 1.81 bits per heavy atom. The summed E-state index contributed by atoms with van der Waals surface area (Å²) >= 11 is 5.83. The molecule has 8 heteroatoms. The van der Waals surface area contributed by atoms with Crippen molar-refractivity contribution >= 4 is 33.1 Å². The molecule has 136 valence electrons. The highest BCUT2D eigenvalue weighted by atomic mass is 35.5. The number of Topliss-reactive ketones (excluding diaryl/α,β-unsaturated/α-hetero) is 1. The highest BCUT2D eigenvalue weighted by molar-refractivity contribution is 7.92. The van der Waals surface area contributed by atoms with Crippen molar-refractivity contribution in [2.75, 3.05) is 24.9 Å². The van der Waals surface area contributed by atoms with Crippen LogP contribution >= 0.6 is 11.6 Å². The van der Waals surface area contributed by atoms with Gasteiger partial charge < -0.3 is 4.90 Å². The van der Waals surface area contributed by atoms with Gasteiger partial charge in [0.05, 0.1) is 17.1 Å². The van der Waals surface area contributed by atoms with E-state index in [4.69, 9.17) is 11.6 Å². The number of carbonyl (C=O) groups is 1. The van der Waals surface area contributed by atoms with E-state index in [0.717, 1.165) is 16.4 Å². The third-order valence-corrected chi connectivity index (χ3v) is 5.92. The van der Waals surface area contributed by atoms with Crippen LogP contribution in [-0.4, -0.2) is 39.7 Å². The van der Waals surface area contributed by atoms with Crippen molar-refractivity contribution in [3.05, 3.63) is 70.6 Å². The first-order valence-corrected chi connectivity index (χ1v) is 9.51. The minimum atomic E-state index is -4.00. The summed E-state index contributed by atoms with van der Waals surface area (Å²) in [5.74, 6) is -0.941. The third kappa shape index (κ3) is 3.32. The van der Waals surface area contributed by atoms with E-state index in [0.29, 0.717) is 10.6 Å². The second-order valence-corrected chi connectivity index (χ2v) is 8.37. The summed E-state index contributed by atoms with van der Waals surface area (Å²) < 4.78 is 41.1. The van der Waals surface area contributed by atoms with E-state index in [1.54, 1.807) is 25.2 Å². The fourth-order valence-corrected chi connectivity index (χ4v) is 4.33. The lowest BCUT2D eigenvalue weighted by atomic mass is 9.98. The average molecular weight is 395 g/mol. The summed E-state index contributed by atoms with van der Waals surface area (Å²) in [5, 5.41) is 0.400. The molecular weight excluding hydrogens is 379 g/mol. The van der Waals surface area contributed by atoms with Crippen LogP contribution in [0.3, 0.4) is 0 Å². The van der Waals surface area contributed by atoms with Crippen LogP contribution in [0.2, 0.25) is 5.02 Å². The van der Waals surface area contributed by atoms with Gasteiger partial charge in [-0.1, -0.05) is 11.6 Å². The Morgan fingerprint density at radius 1 is 1.15 bits per heavy atom. The van der Waals surface area contributed by atoms with Gasteiger partial charge in [0.1, 0.15) is 5.82 Å². The zero-order chi connectivity index (χ0) is 19.1. The van der Waals surface area contributed by atoms with Gasteiger partial charge in [0.25, 0.3) is 10.0 Å². The van der Waals surface area contributed by atoms with Crippen LogP contribution in [0.25, 0.3) is 0 Å². The van der Waals surface area contributed by atoms with Crippen LogP contribution in [0.5, 0.6) is 0 Å². The molecule has 0 atom stereocenters. The van der Waals surface area contributed by atoms with E-state index in [1.165, 1.54) is 30.3 Å². The van der Waals surface area contributed by atoms with E-state index in [1.807, 2.05) is 0 Å². The van der Waals surface area contributed by atoms with Crippen molar-refractivity contribution < 1.29 is 17.6 Å². The molecule has 1 aliphatic heterocycles. The molecule has 5 nitrogen and oxygen atoms in total. The van der Waals surface area contributed by atoms with E-state index >= 15 is 0 Å². The molecule has 0 unspecified atom stereocenters. The smallest absolute Gasteiger partial charge is 0.264 e. The summed E-state index contributed by atoms with van der Waals surface area (Å²) in [6, 6.07) is 9.19. The number of halogens is 2. The van der Waals surface area contributed by atoms with Crippen LogP contribution in [-0.2, 0) is 10.0 Å². The Kier molecular flexibility index (Phi) is 4.77. The first kappa shape index (κ1) is 18.4. The number of nitrogens with zero attached hydrogens (tertiary/aromatic N) is 2. The van der Waals surface area contributed by atoms with Gasteiger partial charge >= 0.3 is 0 Å². The van der Waals surface area contributed by atoms with E-state index in [-0.39, 0.29) is 28.5 Å². The van der Waals surface area contributed by atoms with Crippen LogP contribution in [0.15, 0.2) is 59.1 Å². The van der Waals surface area contributed by atoms with Crippen molar-refractivity contribution in [2.45, 2.75) is 4.90 Å². The lowest BCUT2D eigenvalue weighted by Gasteiger charge is -2.31. The van der Waals surface area contributed by atoms with Crippen LogP contribution in [0, 0.1) is 5.82 Å². The zero-order valence-corrected chi connectivity index (χ0v) is 15.7. The Balaban J connectivity index is 2.19. The van der Waals surface area contributed by atoms with Gasteiger partial charge in [0, 0.05) is 36.5 Å². The molecule has 0 N–H and O–H groups in total. The highest BCUT2D eigenvalue weighted by Crippen LogP contribution is 2.34. The summed E-state index contributed by atoms with van der Waals surface area (Å²) in [7, 11) is -0.535. The summed E-state index contributed by atoms with van der Waals surface area (Å²) in [6.07, 6.45) is 1.57. The van der Waals surface area contributed by atoms with Gasteiger partial charge in [-0.15, -0.1) is 0 Å². The molecule has 3 rings (SSSR count). The molecule has 0 aliphatic carbocycles. The second-order valence-electron chi connectivity index (χ2n) is 6.07. The quantitative estimate of drug-likeness (QED) is 0.749. The predicted octanol–water partition coefficient (Wildman–Crippen LogP) is 3.32. The fourth-order valence-electron chi connectivity index (χ4n) is 2.75. The van der Waals surface area contributed by atoms with E-state index in [9.17, 15) is 17.6 Å². The molecule has 0 saturated carbocycles. The Morgan fingerprint density at radius 3 is 2.42 bits per heavy atom. The Hall–Kier alpha value is -2.38. The van der Waals surface area contributed by atoms with Crippen molar-refractivity contribution in [2.24, 2.45) is 0 Å². The van der Waals surface area contributed by atoms with E-state index in [2.05, 4.69) is 0 Å². The lowest BCUT2D eigenvalue weighted by molar-refractivity contribution is 0.102. The number of hydrogen-bond acceptors (Lipinski definition) is 4. The number of rotatable bonds is 3. The first-order chi connectivity index (χ1) is 12.2. The van der Waals surface area contributed by atoms with Crippen LogP contribution < -0.4 is 4.31 Å². The molecule has 2 aromatic rings. The lowest BCUT2D eigenvalue weighted by Crippen LogP contribution is -2.39. The number of ketones is 1. The summed E-state index contributed by atoms with van der Waals surface area (Å²) in [6.45, 7) is -0.182. The molecule has 26 heavy (non-hydrogen) atoms. The maximum atomic E-state index is 13.8. The average Bonchev–Trinajstić information content (AvgIpc) is 2.57. The van der Waals surface area contributed by atoms with Gasteiger partial charge in [-0.2, -0.15) is 0 Å². The number of carbonyl (C=O) groups excluding carboxylic acids is 1. The Bertz CT molecular complexity index is 1000. The minimum Gasteiger partial charge on any atom is -0.383 e. The molecule has 1 heterocycles. The molecule has 0 radical (unpaired) electrons. The molecule has 0 spiro atoms. The molecule has 0 amide bonds. The molecule has 1 aliphatic rings. The van der Waals surface area contributed by atoms with Crippen molar-refractivity contribution in [1.29, 1.82) is 0 Å². The largest absolute Gasteiger partial charge is 0.383 e. The predicted molar refractivity (Wildman–Crippen MR) is 98.5 cm³/mol.